The van der Waals surface area contributed by atoms with E-state index in [-0.39, 0.29) is 34.2 Å². The van der Waals surface area contributed by atoms with E-state index in [0.717, 1.165) is 23.3 Å². The van der Waals surface area contributed by atoms with Gasteiger partial charge in [0, 0.05) is 18.2 Å². The Morgan fingerprint density at radius 2 is 1.62 bits per heavy atom. The number of ether oxygens (including phenoxy) is 1. The second-order valence-corrected chi connectivity index (χ2v) is 9.94. The van der Waals surface area contributed by atoms with Crippen LogP contribution in [0, 0.1) is 6.92 Å². The molecule has 0 amide bonds. The molecule has 0 aliphatic carbocycles. The molecule has 0 saturated carbocycles. The average molecular weight is 573 g/mol. The number of aryl methyl sites for hydroxylation is 2. The van der Waals surface area contributed by atoms with Crippen LogP contribution in [0.3, 0.4) is 0 Å². The topological polar surface area (TPSA) is 27.1 Å². The van der Waals surface area contributed by atoms with Crippen molar-refractivity contribution in [3.8, 4) is 28.1 Å². The summed E-state index contributed by atoms with van der Waals surface area (Å²) < 4.78 is 75.8. The Balaban J connectivity index is 1.87. The lowest BCUT2D eigenvalue weighted by atomic mass is 9.98. The molecule has 11 heteroatoms. The van der Waals surface area contributed by atoms with Gasteiger partial charge in [0.05, 0.1) is 21.3 Å². The Kier molecular flexibility index (Phi) is 7.57. The summed E-state index contributed by atoms with van der Waals surface area (Å²) in [6, 6.07) is 15.2. The number of halogens is 7. The molecule has 4 rings (SSSR count). The normalized spacial score (nSPS) is 12.2. The van der Waals surface area contributed by atoms with Crippen LogP contribution in [0.4, 0.5) is 22.0 Å². The second-order valence-electron chi connectivity index (χ2n) is 8.43. The largest absolute Gasteiger partial charge is 0.488 e. The summed E-state index contributed by atoms with van der Waals surface area (Å²) >= 11 is 12.6. The van der Waals surface area contributed by atoms with Crippen molar-refractivity contribution in [2.45, 2.75) is 25.4 Å². The van der Waals surface area contributed by atoms with E-state index in [1.807, 2.05) is 31.2 Å². The molecule has 0 saturated heterocycles. The Morgan fingerprint density at radius 3 is 2.22 bits per heavy atom. The Hall–Kier alpha value is -2.67. The molecule has 0 spiro atoms. The molecule has 1 heterocycles. The lowest BCUT2D eigenvalue weighted by molar-refractivity contribution is -0.137. The highest BCUT2D eigenvalue weighted by molar-refractivity contribution is 7.17. The minimum atomic E-state index is -4.71. The highest BCUT2D eigenvalue weighted by Crippen LogP contribution is 2.46. The number of rotatable bonds is 6. The van der Waals surface area contributed by atoms with Crippen LogP contribution in [0.15, 0.2) is 60.7 Å². The molecule has 0 fully saturated rings. The Bertz CT molecular complexity index is 1450. The highest BCUT2D eigenvalue weighted by Gasteiger charge is 2.34. The molecule has 0 bridgehead atoms. The van der Waals surface area contributed by atoms with E-state index in [0.29, 0.717) is 5.56 Å². The first-order chi connectivity index (χ1) is 17.3. The standard InChI is InChI=1S/C26H20Cl2F5N2OP/c1-14-3-5-15(6-4-14)13-36-21-10-8-17(20-12-22(26(32,33)37)34-35(20)2)24(28)23(21)16-7-9-19(27)18(11-16)25(29,30)31/h3-12H,13,37H2,1-2H3. The van der Waals surface area contributed by atoms with Crippen molar-refractivity contribution in [3.05, 3.63) is 93.1 Å². The van der Waals surface area contributed by atoms with Gasteiger partial charge in [0.2, 0.25) is 0 Å². The van der Waals surface area contributed by atoms with Crippen LogP contribution in [0.2, 0.25) is 10.0 Å². The zero-order valence-corrected chi connectivity index (χ0v) is 22.2. The van der Waals surface area contributed by atoms with Crippen LogP contribution in [-0.4, -0.2) is 9.78 Å². The van der Waals surface area contributed by atoms with Crippen LogP contribution in [0.25, 0.3) is 22.4 Å². The molecule has 1 unspecified atom stereocenters. The summed E-state index contributed by atoms with van der Waals surface area (Å²) in [5.41, 5.74) is -2.12. The molecule has 3 aromatic carbocycles. The third-order valence-electron chi connectivity index (χ3n) is 5.68. The molecule has 194 valence electrons. The zero-order valence-electron chi connectivity index (χ0n) is 19.5. The quantitative estimate of drug-likeness (QED) is 0.170. The minimum absolute atomic E-state index is 0.0125. The van der Waals surface area contributed by atoms with Crippen LogP contribution < -0.4 is 4.74 Å². The van der Waals surface area contributed by atoms with Crippen LogP contribution in [-0.2, 0) is 25.5 Å². The summed E-state index contributed by atoms with van der Waals surface area (Å²) in [5.74, 6) is 0.212. The summed E-state index contributed by atoms with van der Waals surface area (Å²) in [6.07, 6.45) is -4.71. The van der Waals surface area contributed by atoms with Crippen LogP contribution in [0.5, 0.6) is 5.75 Å². The molecule has 0 aliphatic heterocycles. The fourth-order valence-electron chi connectivity index (χ4n) is 3.77. The number of alkyl halides is 5. The van der Waals surface area contributed by atoms with Gasteiger partial charge in [0.1, 0.15) is 18.1 Å². The van der Waals surface area contributed by atoms with E-state index in [9.17, 15) is 22.0 Å². The molecule has 3 nitrogen and oxygen atoms in total. The lowest BCUT2D eigenvalue weighted by Crippen LogP contribution is -2.06. The first-order valence-corrected chi connectivity index (χ1v) is 12.2. The van der Waals surface area contributed by atoms with Crippen molar-refractivity contribution >= 4 is 32.4 Å². The van der Waals surface area contributed by atoms with Crippen molar-refractivity contribution in [1.29, 1.82) is 0 Å². The van der Waals surface area contributed by atoms with E-state index in [4.69, 9.17) is 27.9 Å². The van der Waals surface area contributed by atoms with Gasteiger partial charge >= 0.3 is 11.8 Å². The van der Waals surface area contributed by atoms with Gasteiger partial charge in [-0.25, -0.2) is 0 Å². The highest BCUT2D eigenvalue weighted by atomic mass is 35.5. The molecular formula is C26H20Cl2F5N2OP. The predicted molar refractivity (Wildman–Crippen MR) is 138 cm³/mol. The van der Waals surface area contributed by atoms with E-state index in [1.54, 1.807) is 6.07 Å². The van der Waals surface area contributed by atoms with E-state index >= 15 is 0 Å². The van der Waals surface area contributed by atoms with E-state index < -0.39 is 28.1 Å². The maximum absolute atomic E-state index is 13.9. The van der Waals surface area contributed by atoms with Crippen LogP contribution in [0.1, 0.15) is 22.4 Å². The van der Waals surface area contributed by atoms with Crippen LogP contribution >= 0.6 is 32.4 Å². The van der Waals surface area contributed by atoms with Crippen molar-refractivity contribution in [3.63, 3.8) is 0 Å². The first kappa shape index (κ1) is 27.4. The molecule has 37 heavy (non-hydrogen) atoms. The number of nitrogens with zero attached hydrogens (tertiary/aromatic N) is 2. The molecular weight excluding hydrogens is 553 g/mol. The first-order valence-electron chi connectivity index (χ1n) is 10.8. The van der Waals surface area contributed by atoms with Gasteiger partial charge in [-0.1, -0.05) is 68.3 Å². The molecule has 0 radical (unpaired) electrons. The monoisotopic (exact) mass is 572 g/mol. The summed E-state index contributed by atoms with van der Waals surface area (Å²) in [6.45, 7) is 2.06. The molecule has 1 atom stereocenters. The fraction of sp³-hybridized carbons (Fsp3) is 0.192. The van der Waals surface area contributed by atoms with Crippen molar-refractivity contribution in [2.75, 3.05) is 0 Å². The van der Waals surface area contributed by atoms with Crippen molar-refractivity contribution in [1.82, 2.24) is 9.78 Å². The maximum Gasteiger partial charge on any atom is 0.417 e. The number of benzene rings is 3. The third kappa shape index (κ3) is 5.92. The van der Waals surface area contributed by atoms with E-state index in [2.05, 4.69) is 5.10 Å². The number of aromatic nitrogens is 2. The SMILES string of the molecule is Cc1ccc(COc2ccc(-c3cc(C(F)(F)P)nn3C)c(Cl)c2-c2ccc(Cl)c(C(F)(F)F)c2)cc1. The van der Waals surface area contributed by atoms with Gasteiger partial charge < -0.3 is 4.74 Å². The number of hydrogen-bond acceptors (Lipinski definition) is 2. The van der Waals surface area contributed by atoms with Gasteiger partial charge in [0.25, 0.3) is 0 Å². The molecule has 4 aromatic rings. The smallest absolute Gasteiger partial charge is 0.417 e. The average Bonchev–Trinajstić information content (AvgIpc) is 3.20. The number of hydrogen-bond donors (Lipinski definition) is 0. The van der Waals surface area contributed by atoms with Gasteiger partial charge in [-0.15, -0.1) is 0 Å². The van der Waals surface area contributed by atoms with Gasteiger partial charge in [-0.05, 0) is 48.4 Å². The van der Waals surface area contributed by atoms with Crippen molar-refractivity contribution in [2.24, 2.45) is 7.05 Å². The summed E-state index contributed by atoms with van der Waals surface area (Å²) in [5, 5.41) is 3.40. The van der Waals surface area contributed by atoms with Crippen molar-refractivity contribution < 1.29 is 26.7 Å². The zero-order chi connectivity index (χ0) is 27.1. The molecule has 0 N–H and O–H groups in total. The summed E-state index contributed by atoms with van der Waals surface area (Å²) in [4.78, 5) is 0. The molecule has 1 aromatic heterocycles. The predicted octanol–water partition coefficient (Wildman–Crippen LogP) is 8.89. The Morgan fingerprint density at radius 1 is 0.946 bits per heavy atom. The lowest BCUT2D eigenvalue weighted by Gasteiger charge is -2.18. The van der Waals surface area contributed by atoms with Gasteiger partial charge in [-0.3, -0.25) is 4.68 Å². The Labute approximate surface area is 222 Å². The second kappa shape index (κ2) is 10.2. The fourth-order valence-corrected chi connectivity index (χ4v) is 4.50. The maximum atomic E-state index is 13.9. The minimum Gasteiger partial charge on any atom is -0.488 e. The third-order valence-corrected chi connectivity index (χ3v) is 6.69. The van der Waals surface area contributed by atoms with E-state index in [1.165, 1.54) is 39.2 Å². The van der Waals surface area contributed by atoms with Gasteiger partial charge in [0.15, 0.2) is 0 Å². The molecule has 0 aliphatic rings. The summed E-state index contributed by atoms with van der Waals surface area (Å²) in [7, 11) is 2.89. The van der Waals surface area contributed by atoms with Gasteiger partial charge in [-0.2, -0.15) is 27.1 Å².